The second kappa shape index (κ2) is 5.32. The summed E-state index contributed by atoms with van der Waals surface area (Å²) in [4.78, 5) is 11.5. The molecule has 3 N–H and O–H groups in total. The fourth-order valence-corrected chi connectivity index (χ4v) is 1.28. The lowest BCUT2D eigenvalue weighted by molar-refractivity contribution is 0.0601. The molecule has 5 nitrogen and oxygen atoms in total. The van der Waals surface area contributed by atoms with Gasteiger partial charge in [-0.05, 0) is 30.4 Å². The van der Waals surface area contributed by atoms with Crippen LogP contribution in [0.15, 0.2) is 18.2 Å². The van der Waals surface area contributed by atoms with E-state index in [2.05, 4.69) is 10.1 Å². The number of thiocarbonyl (C=S) groups is 1. The molecule has 0 heterocycles. The average Bonchev–Trinajstić information content (AvgIpc) is 2.28. The Labute approximate surface area is 98.5 Å². The molecule has 0 unspecified atom stereocenters. The molecule has 0 aromatic heterocycles. The third-order valence-electron chi connectivity index (χ3n) is 1.89. The van der Waals surface area contributed by atoms with Gasteiger partial charge in [0.25, 0.3) is 0 Å². The van der Waals surface area contributed by atoms with Crippen molar-refractivity contribution in [1.82, 2.24) is 0 Å². The molecular formula is C10H12N2O3S. The summed E-state index contributed by atoms with van der Waals surface area (Å²) < 4.78 is 9.65. The summed E-state index contributed by atoms with van der Waals surface area (Å²) in [6.45, 7) is 0. The van der Waals surface area contributed by atoms with Crippen molar-refractivity contribution in [2.24, 2.45) is 5.73 Å². The fourth-order valence-electron chi connectivity index (χ4n) is 1.17. The standard InChI is InChI=1S/C10H12N2O3S/c1-14-6-3-4-8(12-10(11)16)7(5-6)9(13)15-2/h3-5H,1-2H3,(H3,11,12,16). The van der Waals surface area contributed by atoms with Gasteiger partial charge in [0.15, 0.2) is 5.11 Å². The maximum Gasteiger partial charge on any atom is 0.340 e. The molecule has 0 aliphatic heterocycles. The molecule has 0 saturated heterocycles. The van der Waals surface area contributed by atoms with Gasteiger partial charge in [-0.1, -0.05) is 0 Å². The van der Waals surface area contributed by atoms with Crippen molar-refractivity contribution in [3.63, 3.8) is 0 Å². The Balaban J connectivity index is 3.15. The largest absolute Gasteiger partial charge is 0.497 e. The minimum Gasteiger partial charge on any atom is -0.497 e. The first-order valence-electron chi connectivity index (χ1n) is 4.41. The molecule has 1 rings (SSSR count). The zero-order valence-corrected chi connectivity index (χ0v) is 9.76. The SMILES string of the molecule is COC(=O)c1cc(OC)ccc1NC(N)=S. The molecule has 6 heteroatoms. The van der Waals surface area contributed by atoms with Crippen molar-refractivity contribution in [1.29, 1.82) is 0 Å². The maximum absolute atomic E-state index is 11.5. The Kier molecular flexibility index (Phi) is 4.07. The van der Waals surface area contributed by atoms with Gasteiger partial charge in [0.05, 0.1) is 25.5 Å². The van der Waals surface area contributed by atoms with Crippen LogP contribution in [0.3, 0.4) is 0 Å². The average molecular weight is 240 g/mol. The van der Waals surface area contributed by atoms with Gasteiger partial charge in [-0.3, -0.25) is 0 Å². The van der Waals surface area contributed by atoms with Crippen LogP contribution in [0.5, 0.6) is 5.75 Å². The highest BCUT2D eigenvalue weighted by atomic mass is 32.1. The highest BCUT2D eigenvalue weighted by molar-refractivity contribution is 7.80. The molecule has 0 bridgehead atoms. The number of carbonyl (C=O) groups is 1. The monoisotopic (exact) mass is 240 g/mol. The van der Waals surface area contributed by atoms with Gasteiger partial charge in [0.1, 0.15) is 5.75 Å². The summed E-state index contributed by atoms with van der Waals surface area (Å²) in [6.07, 6.45) is 0. The predicted octanol–water partition coefficient (Wildman–Crippen LogP) is 1.14. The lowest BCUT2D eigenvalue weighted by Crippen LogP contribution is -2.21. The van der Waals surface area contributed by atoms with Crippen molar-refractivity contribution >= 4 is 29.0 Å². The maximum atomic E-state index is 11.5. The first-order chi connectivity index (χ1) is 7.58. The van der Waals surface area contributed by atoms with Crippen LogP contribution in [0.2, 0.25) is 0 Å². The van der Waals surface area contributed by atoms with Crippen LogP contribution in [0.4, 0.5) is 5.69 Å². The van der Waals surface area contributed by atoms with E-state index in [0.717, 1.165) is 0 Å². The van der Waals surface area contributed by atoms with Gasteiger partial charge in [-0.2, -0.15) is 0 Å². The fraction of sp³-hybridized carbons (Fsp3) is 0.200. The van der Waals surface area contributed by atoms with Crippen LogP contribution in [0.25, 0.3) is 0 Å². The molecule has 0 aliphatic carbocycles. The topological polar surface area (TPSA) is 73.6 Å². The second-order valence-electron chi connectivity index (χ2n) is 2.89. The van der Waals surface area contributed by atoms with Gasteiger partial charge in [-0.15, -0.1) is 0 Å². The number of hydrogen-bond acceptors (Lipinski definition) is 4. The number of rotatable bonds is 3. The van der Waals surface area contributed by atoms with Gasteiger partial charge < -0.3 is 20.5 Å². The molecule has 16 heavy (non-hydrogen) atoms. The summed E-state index contributed by atoms with van der Waals surface area (Å²) in [6, 6.07) is 4.88. The Morgan fingerprint density at radius 3 is 2.62 bits per heavy atom. The number of nitrogens with two attached hydrogens (primary N) is 1. The number of nitrogens with one attached hydrogen (secondary N) is 1. The number of ether oxygens (including phenoxy) is 2. The van der Waals surface area contributed by atoms with E-state index in [1.165, 1.54) is 14.2 Å². The Morgan fingerprint density at radius 2 is 2.12 bits per heavy atom. The van der Waals surface area contributed by atoms with E-state index in [0.29, 0.717) is 17.0 Å². The molecule has 0 atom stereocenters. The van der Waals surface area contributed by atoms with Crippen LogP contribution in [0.1, 0.15) is 10.4 Å². The van der Waals surface area contributed by atoms with Crippen LogP contribution in [-0.4, -0.2) is 25.3 Å². The second-order valence-corrected chi connectivity index (χ2v) is 3.33. The molecule has 1 aromatic carbocycles. The molecule has 0 amide bonds. The van der Waals surface area contributed by atoms with E-state index in [1.807, 2.05) is 0 Å². The van der Waals surface area contributed by atoms with Crippen molar-refractivity contribution in [3.05, 3.63) is 23.8 Å². The van der Waals surface area contributed by atoms with Crippen molar-refractivity contribution in [2.75, 3.05) is 19.5 Å². The van der Waals surface area contributed by atoms with Crippen molar-refractivity contribution < 1.29 is 14.3 Å². The normalized spacial score (nSPS) is 9.38. The minimum atomic E-state index is -0.488. The molecule has 0 aliphatic rings. The first kappa shape index (κ1) is 12.3. The van der Waals surface area contributed by atoms with Crippen LogP contribution in [0, 0.1) is 0 Å². The van der Waals surface area contributed by atoms with Gasteiger partial charge >= 0.3 is 5.97 Å². The lowest BCUT2D eigenvalue weighted by Gasteiger charge is -2.10. The number of esters is 1. The molecule has 0 fully saturated rings. The van der Waals surface area contributed by atoms with E-state index >= 15 is 0 Å². The third kappa shape index (κ3) is 2.83. The number of benzene rings is 1. The Bertz CT molecular complexity index is 421. The summed E-state index contributed by atoms with van der Waals surface area (Å²) in [7, 11) is 2.81. The van der Waals surface area contributed by atoms with Gasteiger partial charge in [0, 0.05) is 0 Å². The quantitative estimate of drug-likeness (QED) is 0.609. The van der Waals surface area contributed by atoms with Crippen LogP contribution >= 0.6 is 12.2 Å². The third-order valence-corrected chi connectivity index (χ3v) is 1.99. The van der Waals surface area contributed by atoms with E-state index < -0.39 is 5.97 Å². The highest BCUT2D eigenvalue weighted by Crippen LogP contribution is 2.22. The predicted molar refractivity (Wildman–Crippen MR) is 64.7 cm³/mol. The zero-order valence-electron chi connectivity index (χ0n) is 8.94. The van der Waals surface area contributed by atoms with Gasteiger partial charge in [0.2, 0.25) is 0 Å². The number of methoxy groups -OCH3 is 2. The minimum absolute atomic E-state index is 0.0790. The van der Waals surface area contributed by atoms with E-state index in [1.54, 1.807) is 18.2 Å². The Hall–Kier alpha value is -1.82. The van der Waals surface area contributed by atoms with E-state index in [-0.39, 0.29) is 5.11 Å². The van der Waals surface area contributed by atoms with Gasteiger partial charge in [-0.25, -0.2) is 4.79 Å². The molecule has 86 valence electrons. The van der Waals surface area contributed by atoms with E-state index in [4.69, 9.17) is 22.7 Å². The molecule has 0 spiro atoms. The van der Waals surface area contributed by atoms with Crippen LogP contribution < -0.4 is 15.8 Å². The van der Waals surface area contributed by atoms with Crippen LogP contribution in [-0.2, 0) is 4.74 Å². The zero-order chi connectivity index (χ0) is 12.1. The van der Waals surface area contributed by atoms with Crippen molar-refractivity contribution in [3.8, 4) is 5.75 Å². The number of hydrogen-bond donors (Lipinski definition) is 2. The smallest absolute Gasteiger partial charge is 0.340 e. The number of anilines is 1. The summed E-state index contributed by atoms with van der Waals surface area (Å²) in [5.74, 6) is 0.0616. The summed E-state index contributed by atoms with van der Waals surface area (Å²) in [5, 5.41) is 2.77. The van der Waals surface area contributed by atoms with E-state index in [9.17, 15) is 4.79 Å². The molecule has 0 radical (unpaired) electrons. The Morgan fingerprint density at radius 1 is 1.44 bits per heavy atom. The van der Waals surface area contributed by atoms with Crippen molar-refractivity contribution in [2.45, 2.75) is 0 Å². The lowest BCUT2D eigenvalue weighted by atomic mass is 10.1. The molecule has 1 aromatic rings. The number of carbonyl (C=O) groups excluding carboxylic acids is 1. The summed E-state index contributed by atoms with van der Waals surface area (Å²) in [5.41, 5.74) is 6.14. The molecular weight excluding hydrogens is 228 g/mol. The summed E-state index contributed by atoms with van der Waals surface area (Å²) >= 11 is 4.70. The molecule has 0 saturated carbocycles. The highest BCUT2D eigenvalue weighted by Gasteiger charge is 2.13. The first-order valence-corrected chi connectivity index (χ1v) is 4.82.